The first-order valence-corrected chi connectivity index (χ1v) is 10.2. The minimum absolute atomic E-state index is 0.0421. The van der Waals surface area contributed by atoms with Crippen molar-refractivity contribution in [2.24, 2.45) is 0 Å². The molecule has 2 aromatic carbocycles. The number of hydrogen-bond acceptors (Lipinski definition) is 4. The van der Waals surface area contributed by atoms with Gasteiger partial charge >= 0.3 is 0 Å². The van der Waals surface area contributed by atoms with Crippen molar-refractivity contribution < 1.29 is 9.53 Å². The molecular formula is C22H20N2O2S. The Labute approximate surface area is 162 Å². The predicted molar refractivity (Wildman–Crippen MR) is 106 cm³/mol. The predicted octanol–water partition coefficient (Wildman–Crippen LogP) is 4.37. The van der Waals surface area contributed by atoms with Gasteiger partial charge in [-0.05, 0) is 23.6 Å². The number of hydrogen-bond donors (Lipinski definition) is 0. The lowest BCUT2D eigenvalue weighted by Crippen LogP contribution is -2.28. The molecule has 3 heterocycles. The fourth-order valence-electron chi connectivity index (χ4n) is 3.92. The number of benzene rings is 2. The van der Waals surface area contributed by atoms with Crippen molar-refractivity contribution in [1.29, 1.82) is 0 Å². The highest BCUT2D eigenvalue weighted by Gasteiger charge is 2.30. The van der Waals surface area contributed by atoms with Crippen LogP contribution in [0.5, 0.6) is 5.75 Å². The lowest BCUT2D eigenvalue weighted by atomic mass is 9.96. The molecule has 0 bridgehead atoms. The van der Waals surface area contributed by atoms with Gasteiger partial charge in [-0.25, -0.2) is 4.98 Å². The third-order valence-corrected chi connectivity index (χ3v) is 6.30. The number of fused-ring (bicyclic) bond motifs is 1. The second-order valence-electron chi connectivity index (χ2n) is 7.11. The van der Waals surface area contributed by atoms with E-state index in [1.807, 2.05) is 40.6 Å². The molecule has 1 fully saturated rings. The summed E-state index contributed by atoms with van der Waals surface area (Å²) < 4.78 is 5.60. The molecule has 4 nitrogen and oxygen atoms in total. The van der Waals surface area contributed by atoms with Crippen LogP contribution in [0.1, 0.15) is 34.0 Å². The molecule has 1 saturated heterocycles. The molecule has 1 atom stereocenters. The van der Waals surface area contributed by atoms with Crippen molar-refractivity contribution in [2.75, 3.05) is 19.7 Å². The van der Waals surface area contributed by atoms with E-state index in [1.54, 1.807) is 0 Å². The Morgan fingerprint density at radius 3 is 2.96 bits per heavy atom. The average molecular weight is 376 g/mol. The summed E-state index contributed by atoms with van der Waals surface area (Å²) >= 11 is 1.53. The lowest BCUT2D eigenvalue weighted by molar-refractivity contribution is 0.0786. The molecule has 27 heavy (non-hydrogen) atoms. The summed E-state index contributed by atoms with van der Waals surface area (Å²) in [5.74, 6) is 1.45. The first-order valence-electron chi connectivity index (χ1n) is 9.34. The number of carbonyl (C=O) groups is 1. The summed E-state index contributed by atoms with van der Waals surface area (Å²) in [5.41, 5.74) is 4.23. The minimum Gasteiger partial charge on any atom is -0.493 e. The maximum Gasteiger partial charge on any atom is 0.273 e. The van der Waals surface area contributed by atoms with E-state index in [1.165, 1.54) is 22.5 Å². The van der Waals surface area contributed by atoms with Crippen molar-refractivity contribution in [3.63, 3.8) is 0 Å². The number of nitrogens with zero attached hydrogens (tertiary/aromatic N) is 2. The second kappa shape index (κ2) is 6.82. The van der Waals surface area contributed by atoms with E-state index in [0.29, 0.717) is 11.6 Å². The molecule has 136 valence electrons. The number of carbonyl (C=O) groups excluding carboxylic acids is 1. The molecular weight excluding hydrogens is 356 g/mol. The Morgan fingerprint density at radius 2 is 2.07 bits per heavy atom. The Balaban J connectivity index is 1.30. The first kappa shape index (κ1) is 16.5. The van der Waals surface area contributed by atoms with Crippen molar-refractivity contribution in [3.05, 3.63) is 70.7 Å². The van der Waals surface area contributed by atoms with Crippen LogP contribution in [-0.2, 0) is 6.42 Å². The van der Waals surface area contributed by atoms with Crippen molar-refractivity contribution in [1.82, 2.24) is 9.88 Å². The van der Waals surface area contributed by atoms with Gasteiger partial charge in [0.1, 0.15) is 16.5 Å². The quantitative estimate of drug-likeness (QED) is 0.681. The fraction of sp³-hybridized carbons (Fsp3) is 0.273. The fourth-order valence-corrected chi connectivity index (χ4v) is 4.72. The molecule has 0 saturated carbocycles. The highest BCUT2D eigenvalue weighted by atomic mass is 32.1. The summed E-state index contributed by atoms with van der Waals surface area (Å²) in [5, 5.41) is 2.78. The van der Waals surface area contributed by atoms with E-state index in [4.69, 9.17) is 4.74 Å². The van der Waals surface area contributed by atoms with Crippen LogP contribution < -0.4 is 4.74 Å². The number of likely N-dealkylation sites (tertiary alicyclic amines) is 1. The molecule has 0 aliphatic carbocycles. The molecule has 5 heteroatoms. The Hall–Kier alpha value is -2.66. The number of rotatable bonds is 3. The smallest absolute Gasteiger partial charge is 0.273 e. The third-order valence-electron chi connectivity index (χ3n) is 5.40. The zero-order valence-electron chi connectivity index (χ0n) is 14.9. The zero-order valence-corrected chi connectivity index (χ0v) is 15.7. The van der Waals surface area contributed by atoms with Gasteiger partial charge in [0.15, 0.2) is 0 Å². The van der Waals surface area contributed by atoms with Crippen molar-refractivity contribution in [2.45, 2.75) is 18.8 Å². The van der Waals surface area contributed by atoms with Gasteiger partial charge in [0.2, 0.25) is 0 Å². The van der Waals surface area contributed by atoms with E-state index >= 15 is 0 Å². The molecule has 5 rings (SSSR count). The molecule has 0 N–H and O–H groups in total. The largest absolute Gasteiger partial charge is 0.493 e. The summed E-state index contributed by atoms with van der Waals surface area (Å²) in [4.78, 5) is 19.4. The summed E-state index contributed by atoms with van der Waals surface area (Å²) in [6.45, 7) is 2.33. The lowest BCUT2D eigenvalue weighted by Gasteiger charge is -2.16. The number of aromatic nitrogens is 1. The second-order valence-corrected chi connectivity index (χ2v) is 7.96. The maximum atomic E-state index is 12.9. The first-order chi connectivity index (χ1) is 13.3. The molecule has 1 amide bonds. The Kier molecular flexibility index (Phi) is 4.17. The van der Waals surface area contributed by atoms with Crippen molar-refractivity contribution >= 4 is 17.2 Å². The minimum atomic E-state index is 0.0421. The van der Waals surface area contributed by atoms with Crippen LogP contribution in [0.3, 0.4) is 0 Å². The van der Waals surface area contributed by atoms with E-state index in [-0.39, 0.29) is 5.91 Å². The zero-order chi connectivity index (χ0) is 18.2. The highest BCUT2D eigenvalue weighted by Crippen LogP contribution is 2.33. The van der Waals surface area contributed by atoms with Gasteiger partial charge in [0, 0.05) is 36.4 Å². The Bertz CT molecular complexity index is 983. The van der Waals surface area contributed by atoms with E-state index in [9.17, 15) is 4.79 Å². The van der Waals surface area contributed by atoms with Crippen LogP contribution in [0.4, 0.5) is 0 Å². The van der Waals surface area contributed by atoms with Gasteiger partial charge < -0.3 is 9.64 Å². The van der Waals surface area contributed by atoms with Gasteiger partial charge in [-0.2, -0.15) is 0 Å². The highest BCUT2D eigenvalue weighted by molar-refractivity contribution is 7.13. The van der Waals surface area contributed by atoms with Crippen LogP contribution in [0.2, 0.25) is 0 Å². The van der Waals surface area contributed by atoms with Gasteiger partial charge in [-0.3, -0.25) is 4.79 Å². The van der Waals surface area contributed by atoms with E-state index < -0.39 is 0 Å². The molecule has 0 radical (unpaired) electrons. The maximum absolute atomic E-state index is 12.9. The SMILES string of the molecule is O=C(c1csc(-c2ccccc2)n1)N1CC[C@@H](c2ccc3c(c2)CCO3)C1. The van der Waals surface area contributed by atoms with Crippen LogP contribution in [0, 0.1) is 0 Å². The van der Waals surface area contributed by atoms with Crippen LogP contribution in [-0.4, -0.2) is 35.5 Å². The van der Waals surface area contributed by atoms with Crippen LogP contribution >= 0.6 is 11.3 Å². The number of amides is 1. The van der Waals surface area contributed by atoms with Gasteiger partial charge in [0.05, 0.1) is 6.61 Å². The number of thiazole rings is 1. The molecule has 0 spiro atoms. The van der Waals surface area contributed by atoms with Crippen molar-refractivity contribution in [3.8, 4) is 16.3 Å². The summed E-state index contributed by atoms with van der Waals surface area (Å²) in [7, 11) is 0. The summed E-state index contributed by atoms with van der Waals surface area (Å²) in [6, 6.07) is 16.5. The molecule has 3 aromatic rings. The normalized spacial score (nSPS) is 18.4. The third kappa shape index (κ3) is 3.12. The molecule has 2 aliphatic heterocycles. The van der Waals surface area contributed by atoms with E-state index in [0.717, 1.165) is 48.9 Å². The molecule has 1 aromatic heterocycles. The standard InChI is InChI=1S/C22H20N2O2S/c25-22(19-14-27-21(23-19)15-4-2-1-3-5-15)24-10-8-18(13-24)16-6-7-20-17(12-16)9-11-26-20/h1-7,12,14,18H,8-11,13H2/t18-/m1/s1. The summed E-state index contributed by atoms with van der Waals surface area (Å²) in [6.07, 6.45) is 1.99. The van der Waals surface area contributed by atoms with Gasteiger partial charge in [0.25, 0.3) is 5.91 Å². The average Bonchev–Trinajstić information content (AvgIpc) is 3.47. The Morgan fingerprint density at radius 1 is 1.19 bits per heavy atom. The van der Waals surface area contributed by atoms with Gasteiger partial charge in [-0.1, -0.05) is 42.5 Å². The monoisotopic (exact) mass is 376 g/mol. The van der Waals surface area contributed by atoms with E-state index in [2.05, 4.69) is 23.2 Å². The van der Waals surface area contributed by atoms with Crippen LogP contribution in [0.25, 0.3) is 10.6 Å². The van der Waals surface area contributed by atoms with Gasteiger partial charge in [-0.15, -0.1) is 11.3 Å². The number of ether oxygens (including phenoxy) is 1. The molecule has 0 unspecified atom stereocenters. The topological polar surface area (TPSA) is 42.4 Å². The molecule has 2 aliphatic rings. The van der Waals surface area contributed by atoms with Crippen LogP contribution in [0.15, 0.2) is 53.9 Å².